The third-order valence-electron chi connectivity index (χ3n) is 2.60. The van der Waals surface area contributed by atoms with Gasteiger partial charge in [0.05, 0.1) is 5.52 Å². The van der Waals surface area contributed by atoms with Crippen LogP contribution in [0.1, 0.15) is 0 Å². The topological polar surface area (TPSA) is 28.7 Å². The fourth-order valence-corrected chi connectivity index (χ4v) is 2.68. The Hall–Kier alpha value is -1.39. The molecule has 0 bridgehead atoms. The summed E-state index contributed by atoms with van der Waals surface area (Å²) in [5.74, 6) is 0.259. The number of hydrogen-bond acceptors (Lipinski definition) is 1. The summed E-state index contributed by atoms with van der Waals surface area (Å²) in [6.45, 7) is 0. The molecular weight excluding hydrogens is 319 g/mol. The van der Waals surface area contributed by atoms with Gasteiger partial charge in [-0.3, -0.25) is 0 Å². The van der Waals surface area contributed by atoms with E-state index < -0.39 is 0 Å². The highest BCUT2D eigenvalue weighted by Crippen LogP contribution is 2.27. The van der Waals surface area contributed by atoms with Gasteiger partial charge in [0, 0.05) is 15.1 Å². The summed E-state index contributed by atoms with van der Waals surface area (Å²) in [5, 5.41) is 0.598. The fourth-order valence-electron chi connectivity index (χ4n) is 1.82. The first-order chi connectivity index (χ1) is 8.63. The van der Waals surface area contributed by atoms with Gasteiger partial charge in [0.1, 0.15) is 11.3 Å². The number of nitrogens with one attached hydrogen (secondary N) is 1. The molecule has 1 heterocycles. The normalized spacial score (nSPS) is 11.1. The van der Waals surface area contributed by atoms with Crippen molar-refractivity contribution in [3.05, 3.63) is 51.7 Å². The van der Waals surface area contributed by atoms with Crippen molar-refractivity contribution in [3.63, 3.8) is 0 Å². The zero-order valence-electron chi connectivity index (χ0n) is 9.05. The van der Waals surface area contributed by atoms with Gasteiger partial charge in [-0.25, -0.2) is 9.37 Å². The van der Waals surface area contributed by atoms with Crippen LogP contribution in [0.15, 0.2) is 40.9 Å². The first-order valence-corrected chi connectivity index (χ1v) is 6.41. The molecule has 18 heavy (non-hydrogen) atoms. The molecular formula is C13H7BrClFN2. The van der Waals surface area contributed by atoms with Gasteiger partial charge in [-0.15, -0.1) is 0 Å². The predicted octanol–water partition coefficient (Wildman–Crippen LogP) is 4.78. The molecule has 3 aromatic rings. The molecule has 0 saturated carbocycles. The van der Waals surface area contributed by atoms with E-state index in [2.05, 4.69) is 25.9 Å². The molecule has 0 aliphatic rings. The minimum Gasteiger partial charge on any atom is -0.338 e. The number of benzene rings is 2. The number of para-hydroxylation sites is 1. The van der Waals surface area contributed by atoms with Gasteiger partial charge >= 0.3 is 0 Å². The van der Waals surface area contributed by atoms with Crippen molar-refractivity contribution in [2.75, 3.05) is 0 Å². The fraction of sp³-hybridized carbons (Fsp3) is 0. The predicted molar refractivity (Wildman–Crippen MR) is 74.2 cm³/mol. The van der Waals surface area contributed by atoms with Gasteiger partial charge in [-0.1, -0.05) is 33.6 Å². The third kappa shape index (κ3) is 2.02. The molecule has 0 unspecified atom stereocenters. The van der Waals surface area contributed by atoms with E-state index >= 15 is 0 Å². The standard InChI is InChI=1S/C13H7BrClFN2/c14-8-4-7(5-9(15)6-8)13-17-11-3-1-2-10(16)12(11)18-13/h1-6H,(H,17,18). The van der Waals surface area contributed by atoms with Gasteiger partial charge in [0.15, 0.2) is 5.82 Å². The Morgan fingerprint density at radius 1 is 1.22 bits per heavy atom. The van der Waals surface area contributed by atoms with Crippen LogP contribution in [0.5, 0.6) is 0 Å². The zero-order chi connectivity index (χ0) is 12.7. The second-order valence-electron chi connectivity index (χ2n) is 3.88. The summed E-state index contributed by atoms with van der Waals surface area (Å²) >= 11 is 9.35. The molecule has 0 amide bonds. The molecule has 0 spiro atoms. The second-order valence-corrected chi connectivity index (χ2v) is 5.23. The Balaban J connectivity index is 2.22. The van der Waals surface area contributed by atoms with Crippen molar-refractivity contribution in [2.45, 2.75) is 0 Å². The number of hydrogen-bond donors (Lipinski definition) is 1. The summed E-state index contributed by atoms with van der Waals surface area (Å²) in [6, 6.07) is 10.3. The summed E-state index contributed by atoms with van der Waals surface area (Å²) in [6.07, 6.45) is 0. The lowest BCUT2D eigenvalue weighted by molar-refractivity contribution is 0.637. The molecule has 3 rings (SSSR count). The van der Waals surface area contributed by atoms with Crippen LogP contribution in [-0.4, -0.2) is 9.97 Å². The molecule has 5 heteroatoms. The second kappa shape index (κ2) is 4.37. The van der Waals surface area contributed by atoms with Crippen LogP contribution in [0.2, 0.25) is 5.02 Å². The molecule has 0 aliphatic heterocycles. The first kappa shape index (κ1) is 11.7. The lowest BCUT2D eigenvalue weighted by Gasteiger charge is -1.99. The smallest absolute Gasteiger partial charge is 0.151 e. The molecule has 90 valence electrons. The average Bonchev–Trinajstić information content (AvgIpc) is 2.73. The Labute approximate surface area is 116 Å². The van der Waals surface area contributed by atoms with Gasteiger partial charge in [-0.05, 0) is 30.3 Å². The van der Waals surface area contributed by atoms with Crippen LogP contribution in [0.25, 0.3) is 22.4 Å². The minimum absolute atomic E-state index is 0.337. The number of fused-ring (bicyclic) bond motifs is 1. The van der Waals surface area contributed by atoms with E-state index in [0.717, 1.165) is 10.0 Å². The maximum atomic E-state index is 13.6. The first-order valence-electron chi connectivity index (χ1n) is 5.24. The molecule has 1 N–H and O–H groups in total. The summed E-state index contributed by atoms with van der Waals surface area (Å²) in [4.78, 5) is 7.33. The molecule has 0 radical (unpaired) electrons. The third-order valence-corrected chi connectivity index (χ3v) is 3.28. The van der Waals surface area contributed by atoms with E-state index in [-0.39, 0.29) is 5.82 Å². The molecule has 0 aliphatic carbocycles. The summed E-state index contributed by atoms with van der Waals surface area (Å²) in [5.41, 5.74) is 1.81. The Morgan fingerprint density at radius 2 is 2.06 bits per heavy atom. The SMILES string of the molecule is Fc1cccc2[nH]c(-c3cc(Cl)cc(Br)c3)nc12. The maximum Gasteiger partial charge on any atom is 0.151 e. The van der Waals surface area contributed by atoms with Crippen LogP contribution >= 0.6 is 27.5 Å². The highest BCUT2D eigenvalue weighted by Gasteiger charge is 2.09. The van der Waals surface area contributed by atoms with Crippen LogP contribution < -0.4 is 0 Å². The Morgan fingerprint density at radius 3 is 2.78 bits per heavy atom. The van der Waals surface area contributed by atoms with E-state index in [0.29, 0.717) is 21.9 Å². The van der Waals surface area contributed by atoms with Crippen LogP contribution in [0.4, 0.5) is 4.39 Å². The number of rotatable bonds is 1. The monoisotopic (exact) mass is 324 g/mol. The maximum absolute atomic E-state index is 13.6. The largest absolute Gasteiger partial charge is 0.338 e. The van der Waals surface area contributed by atoms with E-state index in [1.807, 2.05) is 6.07 Å². The molecule has 2 nitrogen and oxygen atoms in total. The van der Waals surface area contributed by atoms with E-state index in [1.54, 1.807) is 24.3 Å². The van der Waals surface area contributed by atoms with Crippen molar-refractivity contribution in [1.82, 2.24) is 9.97 Å². The van der Waals surface area contributed by atoms with Gasteiger partial charge in [0.25, 0.3) is 0 Å². The van der Waals surface area contributed by atoms with E-state index in [4.69, 9.17) is 11.6 Å². The number of H-pyrrole nitrogens is 1. The van der Waals surface area contributed by atoms with Crippen LogP contribution in [0, 0.1) is 5.82 Å². The minimum atomic E-state index is -0.337. The lowest BCUT2D eigenvalue weighted by Crippen LogP contribution is -1.81. The van der Waals surface area contributed by atoms with Crippen LogP contribution in [0.3, 0.4) is 0 Å². The van der Waals surface area contributed by atoms with Crippen molar-refractivity contribution >= 4 is 38.6 Å². The van der Waals surface area contributed by atoms with Gasteiger partial charge in [0.2, 0.25) is 0 Å². The number of nitrogens with zero attached hydrogens (tertiary/aromatic N) is 1. The van der Waals surface area contributed by atoms with Gasteiger partial charge in [-0.2, -0.15) is 0 Å². The Bertz CT molecular complexity index is 719. The van der Waals surface area contributed by atoms with Crippen molar-refractivity contribution < 1.29 is 4.39 Å². The number of halogens is 3. The average molecular weight is 326 g/mol. The lowest BCUT2D eigenvalue weighted by atomic mass is 10.2. The molecule has 0 saturated heterocycles. The molecule has 2 aromatic carbocycles. The van der Waals surface area contributed by atoms with Crippen molar-refractivity contribution in [3.8, 4) is 11.4 Å². The Kier molecular flexibility index (Phi) is 2.84. The van der Waals surface area contributed by atoms with Crippen LogP contribution in [-0.2, 0) is 0 Å². The van der Waals surface area contributed by atoms with E-state index in [1.165, 1.54) is 6.07 Å². The highest BCUT2D eigenvalue weighted by atomic mass is 79.9. The quantitative estimate of drug-likeness (QED) is 0.685. The van der Waals surface area contributed by atoms with E-state index in [9.17, 15) is 4.39 Å². The number of aromatic nitrogens is 2. The molecule has 1 aromatic heterocycles. The van der Waals surface area contributed by atoms with Gasteiger partial charge < -0.3 is 4.98 Å². The number of aromatic amines is 1. The van der Waals surface area contributed by atoms with Crippen molar-refractivity contribution in [1.29, 1.82) is 0 Å². The molecule has 0 atom stereocenters. The summed E-state index contributed by atoms with van der Waals surface area (Å²) < 4.78 is 14.4. The summed E-state index contributed by atoms with van der Waals surface area (Å²) in [7, 11) is 0. The van der Waals surface area contributed by atoms with Crippen molar-refractivity contribution in [2.24, 2.45) is 0 Å². The highest BCUT2D eigenvalue weighted by molar-refractivity contribution is 9.10. The number of imidazole rings is 1. The molecule has 0 fully saturated rings. The zero-order valence-corrected chi connectivity index (χ0v) is 11.4.